The Morgan fingerprint density at radius 3 is 2.34 bits per heavy atom. The molecule has 3 aromatic carbocycles. The number of hydrogen-bond donors (Lipinski definition) is 0. The molecule has 0 amide bonds. The summed E-state index contributed by atoms with van der Waals surface area (Å²) < 4.78 is 84.5. The lowest BCUT2D eigenvalue weighted by molar-refractivity contribution is -0.274. The summed E-state index contributed by atoms with van der Waals surface area (Å²) in [4.78, 5) is 0. The van der Waals surface area contributed by atoms with Crippen LogP contribution in [0.5, 0.6) is 5.75 Å². The summed E-state index contributed by atoms with van der Waals surface area (Å²) in [5.74, 6) is 2.69. The van der Waals surface area contributed by atoms with Gasteiger partial charge in [-0.25, -0.2) is 13.2 Å². The topological polar surface area (TPSA) is 9.23 Å². The highest BCUT2D eigenvalue weighted by Gasteiger charge is 2.31. The predicted octanol–water partition coefficient (Wildman–Crippen LogP) is 7.63. The Labute approximate surface area is 199 Å². The highest BCUT2D eigenvalue weighted by Crippen LogP contribution is 2.36. The highest BCUT2D eigenvalue weighted by atomic mass is 19.4. The maximum Gasteiger partial charge on any atom is 0.573 e. The van der Waals surface area contributed by atoms with Gasteiger partial charge in [-0.1, -0.05) is 37.3 Å². The van der Waals surface area contributed by atoms with Gasteiger partial charge in [-0.3, -0.25) is 0 Å². The summed E-state index contributed by atoms with van der Waals surface area (Å²) in [5.41, 5.74) is 2.87. The van der Waals surface area contributed by atoms with Crippen LogP contribution >= 0.6 is 0 Å². The van der Waals surface area contributed by atoms with Crippen molar-refractivity contribution < 1.29 is 31.1 Å². The molecule has 1 aliphatic carbocycles. The van der Waals surface area contributed by atoms with Crippen LogP contribution in [0.3, 0.4) is 0 Å². The van der Waals surface area contributed by atoms with Crippen LogP contribution < -0.4 is 4.74 Å². The summed E-state index contributed by atoms with van der Waals surface area (Å²) in [6, 6.07) is 11.3. The molecule has 0 bridgehead atoms. The number of aryl methyl sites for hydroxylation is 2. The molecule has 3 aromatic rings. The molecule has 0 heterocycles. The zero-order valence-electron chi connectivity index (χ0n) is 18.9. The van der Waals surface area contributed by atoms with Crippen molar-refractivity contribution in [2.24, 2.45) is 0 Å². The molecule has 1 unspecified atom stereocenters. The third-order valence-electron chi connectivity index (χ3n) is 6.10. The molecule has 0 radical (unpaired) electrons. The second-order valence-corrected chi connectivity index (χ2v) is 8.55. The number of benzene rings is 3. The van der Waals surface area contributed by atoms with Crippen LogP contribution in [0.15, 0.2) is 48.5 Å². The minimum absolute atomic E-state index is 0.166. The van der Waals surface area contributed by atoms with Gasteiger partial charge in [0, 0.05) is 5.56 Å². The van der Waals surface area contributed by atoms with Crippen LogP contribution in [-0.4, -0.2) is 6.36 Å². The molecule has 0 fully saturated rings. The number of rotatable bonds is 4. The van der Waals surface area contributed by atoms with E-state index in [0.29, 0.717) is 42.4 Å². The third-order valence-corrected chi connectivity index (χ3v) is 6.10. The summed E-state index contributed by atoms with van der Waals surface area (Å²) in [5, 5.41) is 0. The first-order valence-corrected chi connectivity index (χ1v) is 11.3. The fourth-order valence-corrected chi connectivity index (χ4v) is 4.40. The summed E-state index contributed by atoms with van der Waals surface area (Å²) in [6.07, 6.45) is -2.04. The molecule has 35 heavy (non-hydrogen) atoms. The standard InChI is InChI=1S/C28H22F6O/c1-2-3-18-10-13-24(27(31)26(18)30)20-9-8-19-14-21(25(29)16-22(19)15-20)7-4-17-5-11-23(12-6-17)35-28(32,33)34/h5-6,10-14,16,20H,2-3,8-9,15H2,1H3. The first kappa shape index (κ1) is 24.7. The number of halogens is 6. The van der Waals surface area contributed by atoms with Gasteiger partial charge in [0.15, 0.2) is 11.6 Å². The molecule has 0 N–H and O–H groups in total. The van der Waals surface area contributed by atoms with Crippen LogP contribution in [0.25, 0.3) is 0 Å². The van der Waals surface area contributed by atoms with Crippen molar-refractivity contribution in [1.82, 2.24) is 0 Å². The molecular formula is C28H22F6O. The van der Waals surface area contributed by atoms with E-state index in [1.54, 1.807) is 18.2 Å². The lowest BCUT2D eigenvalue weighted by Crippen LogP contribution is -2.16. The summed E-state index contributed by atoms with van der Waals surface area (Å²) in [7, 11) is 0. The molecule has 182 valence electrons. The minimum Gasteiger partial charge on any atom is -0.406 e. The van der Waals surface area contributed by atoms with Gasteiger partial charge >= 0.3 is 6.36 Å². The first-order chi connectivity index (χ1) is 16.6. The number of ether oxygens (including phenoxy) is 1. The SMILES string of the molecule is CCCc1ccc(C2CCc3cc(C#Cc4ccc(OC(F)(F)F)cc4)c(F)cc3C2)c(F)c1F. The number of hydrogen-bond acceptors (Lipinski definition) is 1. The first-order valence-electron chi connectivity index (χ1n) is 11.3. The van der Waals surface area contributed by atoms with Crippen LogP contribution in [0, 0.1) is 29.3 Å². The van der Waals surface area contributed by atoms with Crippen molar-refractivity contribution >= 4 is 0 Å². The summed E-state index contributed by atoms with van der Waals surface area (Å²) in [6.45, 7) is 1.90. The van der Waals surface area contributed by atoms with Gasteiger partial charge in [-0.2, -0.15) is 0 Å². The van der Waals surface area contributed by atoms with Gasteiger partial charge in [0.1, 0.15) is 11.6 Å². The van der Waals surface area contributed by atoms with E-state index in [4.69, 9.17) is 0 Å². The molecule has 0 saturated carbocycles. The van der Waals surface area contributed by atoms with Crippen LogP contribution in [-0.2, 0) is 19.3 Å². The van der Waals surface area contributed by atoms with E-state index in [9.17, 15) is 26.3 Å². The van der Waals surface area contributed by atoms with E-state index in [1.807, 2.05) is 6.92 Å². The molecule has 7 heteroatoms. The van der Waals surface area contributed by atoms with E-state index < -0.39 is 23.8 Å². The average Bonchev–Trinajstić information content (AvgIpc) is 2.80. The van der Waals surface area contributed by atoms with Gasteiger partial charge in [0.25, 0.3) is 0 Å². The van der Waals surface area contributed by atoms with Crippen LogP contribution in [0.2, 0.25) is 0 Å². The normalized spacial score (nSPS) is 15.2. The molecule has 0 spiro atoms. The monoisotopic (exact) mass is 488 g/mol. The van der Waals surface area contributed by atoms with E-state index in [2.05, 4.69) is 16.6 Å². The molecule has 0 aliphatic heterocycles. The van der Waals surface area contributed by atoms with Crippen molar-refractivity contribution in [1.29, 1.82) is 0 Å². The van der Waals surface area contributed by atoms with Gasteiger partial charge in [-0.15, -0.1) is 13.2 Å². The maximum atomic E-state index is 14.8. The van der Waals surface area contributed by atoms with Crippen molar-refractivity contribution in [2.75, 3.05) is 0 Å². The molecule has 1 atom stereocenters. The second-order valence-electron chi connectivity index (χ2n) is 8.55. The van der Waals surface area contributed by atoms with Crippen LogP contribution in [0.4, 0.5) is 26.3 Å². The zero-order chi connectivity index (χ0) is 25.2. The number of fused-ring (bicyclic) bond motifs is 1. The quantitative estimate of drug-likeness (QED) is 0.271. The average molecular weight is 488 g/mol. The Morgan fingerprint density at radius 2 is 1.66 bits per heavy atom. The predicted molar refractivity (Wildman–Crippen MR) is 121 cm³/mol. The van der Waals surface area contributed by atoms with E-state index >= 15 is 0 Å². The van der Waals surface area contributed by atoms with E-state index in [-0.39, 0.29) is 17.2 Å². The lowest BCUT2D eigenvalue weighted by atomic mass is 9.79. The Hall–Kier alpha value is -3.40. The van der Waals surface area contributed by atoms with Gasteiger partial charge in [0.2, 0.25) is 0 Å². The van der Waals surface area contributed by atoms with Gasteiger partial charge in [0.05, 0.1) is 5.56 Å². The molecule has 4 rings (SSSR count). The zero-order valence-corrected chi connectivity index (χ0v) is 18.9. The van der Waals surface area contributed by atoms with E-state index in [1.165, 1.54) is 18.2 Å². The highest BCUT2D eigenvalue weighted by molar-refractivity contribution is 5.48. The fourth-order valence-electron chi connectivity index (χ4n) is 4.40. The van der Waals surface area contributed by atoms with Gasteiger partial charge < -0.3 is 4.74 Å². The van der Waals surface area contributed by atoms with E-state index in [0.717, 1.165) is 29.7 Å². The Kier molecular flexibility index (Phi) is 7.11. The smallest absolute Gasteiger partial charge is 0.406 e. The maximum absolute atomic E-state index is 14.8. The lowest BCUT2D eigenvalue weighted by Gasteiger charge is -2.26. The van der Waals surface area contributed by atoms with Crippen molar-refractivity contribution in [3.05, 3.63) is 99.4 Å². The molecule has 0 saturated heterocycles. The molecule has 1 nitrogen and oxygen atoms in total. The molecular weight excluding hydrogens is 466 g/mol. The van der Waals surface area contributed by atoms with Crippen molar-refractivity contribution in [3.63, 3.8) is 0 Å². The van der Waals surface area contributed by atoms with Crippen molar-refractivity contribution in [2.45, 2.75) is 51.3 Å². The Morgan fingerprint density at radius 1 is 0.914 bits per heavy atom. The third kappa shape index (κ3) is 5.82. The Balaban J connectivity index is 1.52. The van der Waals surface area contributed by atoms with Crippen LogP contribution in [0.1, 0.15) is 59.1 Å². The van der Waals surface area contributed by atoms with Crippen molar-refractivity contribution in [3.8, 4) is 17.6 Å². The number of alkyl halides is 3. The largest absolute Gasteiger partial charge is 0.573 e. The Bertz CT molecular complexity index is 1280. The van der Waals surface area contributed by atoms with Gasteiger partial charge in [-0.05, 0) is 90.3 Å². The summed E-state index contributed by atoms with van der Waals surface area (Å²) >= 11 is 0. The fraction of sp³-hybridized carbons (Fsp3) is 0.286. The molecule has 1 aliphatic rings. The second kappa shape index (κ2) is 10.1. The minimum atomic E-state index is -4.78. The molecule has 0 aromatic heterocycles.